The van der Waals surface area contributed by atoms with Crippen molar-refractivity contribution in [3.8, 4) is 11.3 Å². The molecule has 1 saturated carbocycles. The van der Waals surface area contributed by atoms with Gasteiger partial charge in [-0.05, 0) is 61.6 Å². The largest absolute Gasteiger partial charge is 0.454 e. The van der Waals surface area contributed by atoms with Crippen LogP contribution in [0.15, 0.2) is 78.9 Å². The molecule has 2 amide bonds. The Morgan fingerprint density at radius 3 is 2.37 bits per heavy atom. The van der Waals surface area contributed by atoms with Gasteiger partial charge in [-0.2, -0.15) is 0 Å². The molecule has 1 aliphatic carbocycles. The topological polar surface area (TPSA) is 137 Å². The molecular weight excluding hydrogens is 550 g/mol. The van der Waals surface area contributed by atoms with E-state index in [1.54, 1.807) is 54.6 Å². The van der Waals surface area contributed by atoms with Crippen LogP contribution in [0, 0.1) is 27.9 Å². The van der Waals surface area contributed by atoms with Gasteiger partial charge in [0.15, 0.2) is 12.4 Å². The number of rotatable bonds is 7. The first kappa shape index (κ1) is 27.9. The van der Waals surface area contributed by atoms with Crippen LogP contribution >= 0.6 is 0 Å². The van der Waals surface area contributed by atoms with Gasteiger partial charge in [0.1, 0.15) is 0 Å². The Hall–Kier alpha value is -5.25. The molecule has 43 heavy (non-hydrogen) atoms. The average Bonchev–Trinajstić information content (AvgIpc) is 3.27. The summed E-state index contributed by atoms with van der Waals surface area (Å²) in [6, 6.07) is 20.6. The van der Waals surface area contributed by atoms with E-state index in [1.807, 2.05) is 0 Å². The number of benzene rings is 3. The van der Waals surface area contributed by atoms with Crippen LogP contribution in [-0.2, 0) is 14.3 Å². The third kappa shape index (κ3) is 5.27. The van der Waals surface area contributed by atoms with E-state index in [2.05, 4.69) is 6.92 Å². The van der Waals surface area contributed by atoms with Crippen LogP contribution in [0.25, 0.3) is 22.2 Å². The van der Waals surface area contributed by atoms with E-state index in [0.29, 0.717) is 33.8 Å². The minimum Gasteiger partial charge on any atom is -0.454 e. The lowest BCUT2D eigenvalue weighted by Gasteiger charge is -2.25. The minimum atomic E-state index is -0.725. The summed E-state index contributed by atoms with van der Waals surface area (Å²) in [6.45, 7) is 1.57. The lowest BCUT2D eigenvalue weighted by molar-refractivity contribution is -0.384. The number of hydrogen-bond donors (Lipinski definition) is 0. The van der Waals surface area contributed by atoms with Crippen molar-refractivity contribution in [2.24, 2.45) is 17.8 Å². The van der Waals surface area contributed by atoms with E-state index in [0.717, 1.165) is 19.3 Å². The molecule has 2 fully saturated rings. The maximum Gasteiger partial charge on any atom is 0.339 e. The van der Waals surface area contributed by atoms with Gasteiger partial charge in [0.2, 0.25) is 11.8 Å². The van der Waals surface area contributed by atoms with Crippen molar-refractivity contribution >= 4 is 45.8 Å². The summed E-state index contributed by atoms with van der Waals surface area (Å²) < 4.78 is 5.35. The summed E-state index contributed by atoms with van der Waals surface area (Å²) in [5, 5.41) is 11.4. The number of aromatic nitrogens is 1. The first-order chi connectivity index (χ1) is 20.7. The zero-order chi connectivity index (χ0) is 30.2. The molecule has 6 rings (SSSR count). The predicted molar refractivity (Wildman–Crippen MR) is 157 cm³/mol. The summed E-state index contributed by atoms with van der Waals surface area (Å²) >= 11 is 0. The van der Waals surface area contributed by atoms with Crippen molar-refractivity contribution in [3.05, 3.63) is 100 Å². The summed E-state index contributed by atoms with van der Waals surface area (Å²) in [5.41, 5.74) is 2.43. The summed E-state index contributed by atoms with van der Waals surface area (Å²) in [4.78, 5) is 68.4. The number of esters is 1. The standard InChI is InChI=1S/C33H27N3O7/c1-19-6-15-25-26(16-19)32(39)35(31(25)38)22-11-7-20(8-12-22)29-17-27(24-4-2-3-5-28(24)34-29)33(40)43-18-30(37)21-9-13-23(14-10-21)36(41)42/h2-5,7-14,17,19,25-26H,6,15-16,18H2,1H3. The van der Waals surface area contributed by atoms with Crippen LogP contribution in [0.5, 0.6) is 0 Å². The molecule has 216 valence electrons. The SMILES string of the molecule is CC1CCC2C(=O)N(c3ccc(-c4cc(C(=O)OCC(=O)c5ccc([N+](=O)[O-])cc5)c5ccccc5n4)cc3)C(=O)C2C1. The van der Waals surface area contributed by atoms with E-state index in [4.69, 9.17) is 9.72 Å². The maximum atomic E-state index is 13.2. The smallest absolute Gasteiger partial charge is 0.339 e. The Bertz CT molecular complexity index is 1780. The molecule has 1 aromatic heterocycles. The number of imide groups is 1. The molecule has 2 aliphatic rings. The number of non-ortho nitro benzene ring substituents is 1. The number of ether oxygens (including phenoxy) is 1. The number of carbonyl (C=O) groups is 4. The van der Waals surface area contributed by atoms with E-state index in [1.165, 1.54) is 29.2 Å². The van der Waals surface area contributed by atoms with Gasteiger partial charge in [-0.3, -0.25) is 29.4 Å². The van der Waals surface area contributed by atoms with Crippen molar-refractivity contribution in [2.45, 2.75) is 26.2 Å². The number of amides is 2. The third-order valence-corrected chi connectivity index (χ3v) is 8.28. The number of ketones is 1. The number of pyridine rings is 1. The molecule has 0 bridgehead atoms. The Kier molecular flexibility index (Phi) is 7.27. The monoisotopic (exact) mass is 577 g/mol. The summed E-state index contributed by atoms with van der Waals surface area (Å²) in [5.74, 6) is -1.63. The highest BCUT2D eigenvalue weighted by Crippen LogP contribution is 2.42. The normalized spacial score (nSPS) is 19.7. The Balaban J connectivity index is 1.23. The number of fused-ring (bicyclic) bond motifs is 2. The number of Topliss-reactive ketones (excluding diaryl/α,β-unsaturated/α-hetero) is 1. The fourth-order valence-corrected chi connectivity index (χ4v) is 5.98. The number of anilines is 1. The molecule has 0 radical (unpaired) electrons. The van der Waals surface area contributed by atoms with Gasteiger partial charge < -0.3 is 4.74 Å². The summed E-state index contributed by atoms with van der Waals surface area (Å²) in [7, 11) is 0. The number of carbonyl (C=O) groups excluding carboxylic acids is 4. The molecule has 1 saturated heterocycles. The van der Waals surface area contributed by atoms with Crippen molar-refractivity contribution in [1.29, 1.82) is 0 Å². The molecule has 1 aliphatic heterocycles. The molecule has 3 aromatic carbocycles. The van der Waals surface area contributed by atoms with Crippen LogP contribution in [0.2, 0.25) is 0 Å². The van der Waals surface area contributed by atoms with Crippen LogP contribution in [0.1, 0.15) is 46.9 Å². The van der Waals surface area contributed by atoms with Gasteiger partial charge in [-0.1, -0.05) is 37.3 Å². The molecule has 10 nitrogen and oxygen atoms in total. The Morgan fingerprint density at radius 2 is 1.65 bits per heavy atom. The van der Waals surface area contributed by atoms with Gasteiger partial charge in [-0.15, -0.1) is 0 Å². The molecule has 0 spiro atoms. The quantitative estimate of drug-likeness (QED) is 0.0887. The van der Waals surface area contributed by atoms with E-state index in [-0.39, 0.29) is 40.5 Å². The zero-order valence-electron chi connectivity index (χ0n) is 23.3. The fraction of sp³-hybridized carbons (Fsp3) is 0.242. The zero-order valence-corrected chi connectivity index (χ0v) is 23.3. The number of para-hydroxylation sites is 1. The Morgan fingerprint density at radius 1 is 0.953 bits per heavy atom. The molecule has 10 heteroatoms. The van der Waals surface area contributed by atoms with Crippen LogP contribution in [0.4, 0.5) is 11.4 Å². The molecule has 3 unspecified atom stereocenters. The molecule has 2 heterocycles. The van der Waals surface area contributed by atoms with Crippen LogP contribution < -0.4 is 4.90 Å². The van der Waals surface area contributed by atoms with Gasteiger partial charge in [-0.25, -0.2) is 9.78 Å². The molecule has 0 N–H and O–H groups in total. The highest BCUT2D eigenvalue weighted by atomic mass is 16.6. The van der Waals surface area contributed by atoms with Crippen molar-refractivity contribution in [2.75, 3.05) is 11.5 Å². The highest BCUT2D eigenvalue weighted by molar-refractivity contribution is 6.22. The molecular formula is C33H27N3O7. The van der Waals surface area contributed by atoms with Gasteiger partial charge in [0.25, 0.3) is 5.69 Å². The molecule has 3 atom stereocenters. The third-order valence-electron chi connectivity index (χ3n) is 8.28. The van der Waals surface area contributed by atoms with Crippen molar-refractivity contribution in [3.63, 3.8) is 0 Å². The average molecular weight is 578 g/mol. The lowest BCUT2D eigenvalue weighted by Crippen LogP contribution is -2.30. The van der Waals surface area contributed by atoms with E-state index in [9.17, 15) is 29.3 Å². The fourth-order valence-electron chi connectivity index (χ4n) is 5.98. The van der Waals surface area contributed by atoms with E-state index >= 15 is 0 Å². The van der Waals surface area contributed by atoms with Gasteiger partial charge >= 0.3 is 5.97 Å². The molecule has 4 aromatic rings. The van der Waals surface area contributed by atoms with Crippen LogP contribution in [0.3, 0.4) is 0 Å². The minimum absolute atomic E-state index is 0.146. The second-order valence-electron chi connectivity index (χ2n) is 11.1. The highest BCUT2D eigenvalue weighted by Gasteiger charge is 2.49. The van der Waals surface area contributed by atoms with Gasteiger partial charge in [0, 0.05) is 28.6 Å². The predicted octanol–water partition coefficient (Wildman–Crippen LogP) is 5.78. The summed E-state index contributed by atoms with van der Waals surface area (Å²) in [6.07, 6.45) is 2.39. The Labute approximate surface area is 246 Å². The van der Waals surface area contributed by atoms with Crippen molar-refractivity contribution < 1.29 is 28.8 Å². The number of nitro benzene ring substituents is 1. The van der Waals surface area contributed by atoms with Crippen molar-refractivity contribution in [1.82, 2.24) is 4.98 Å². The number of hydrogen-bond acceptors (Lipinski definition) is 8. The maximum absolute atomic E-state index is 13.2. The second-order valence-corrected chi connectivity index (χ2v) is 11.1. The number of nitro groups is 1. The first-order valence-corrected chi connectivity index (χ1v) is 14.0. The van der Waals surface area contributed by atoms with E-state index < -0.39 is 23.3 Å². The van der Waals surface area contributed by atoms with Gasteiger partial charge in [0.05, 0.1) is 39.2 Å². The first-order valence-electron chi connectivity index (χ1n) is 14.0. The second kappa shape index (κ2) is 11.2. The number of nitrogens with zero attached hydrogens (tertiary/aromatic N) is 3. The van der Waals surface area contributed by atoms with Crippen LogP contribution in [-0.4, -0.2) is 40.1 Å². The lowest BCUT2D eigenvalue weighted by atomic mass is 9.76.